The number of sulfonamides is 1. The largest absolute Gasteiger partial charge is 0.513 e. The summed E-state index contributed by atoms with van der Waals surface area (Å²) in [6, 6.07) is 18.6. The average Bonchev–Trinajstić information content (AvgIpc) is 3.49. The number of alkyl halides is 3. The van der Waals surface area contributed by atoms with Gasteiger partial charge in [-0.05, 0) is 66.9 Å². The predicted molar refractivity (Wildman–Crippen MR) is 216 cm³/mol. The van der Waals surface area contributed by atoms with Crippen LogP contribution in [0.5, 0.6) is 0 Å². The van der Waals surface area contributed by atoms with E-state index in [0.29, 0.717) is 13.1 Å². The van der Waals surface area contributed by atoms with Crippen molar-refractivity contribution in [1.29, 1.82) is 0 Å². The second-order valence-corrected chi connectivity index (χ2v) is 18.3. The van der Waals surface area contributed by atoms with E-state index < -0.39 is 15.5 Å². The number of halogens is 3. The fraction of sp³-hybridized carbons (Fsp3) is 0.545. The lowest BCUT2D eigenvalue weighted by Gasteiger charge is -2.36. The highest BCUT2D eigenvalue weighted by Gasteiger charge is 2.49. The van der Waals surface area contributed by atoms with Crippen molar-refractivity contribution in [3.8, 4) is 0 Å². The van der Waals surface area contributed by atoms with E-state index in [4.69, 9.17) is 0 Å². The number of benzene rings is 2. The topological polar surface area (TPSA) is 53.1 Å². The molecule has 6 nitrogen and oxygen atoms in total. The lowest BCUT2D eigenvalue weighted by atomic mass is 9.80. The van der Waals surface area contributed by atoms with Gasteiger partial charge in [0.15, 0.2) is 0 Å². The molecular formula is C44H60F3N3O3S. The molecule has 0 aromatic heterocycles. The first kappa shape index (κ1) is 41.8. The predicted octanol–water partition coefficient (Wildman–Crippen LogP) is 11.0. The molecule has 2 aliphatic carbocycles. The quantitative estimate of drug-likeness (QED) is 0.178. The number of hydroxylamine groups is 1. The number of hydrogen-bond donors (Lipinski definition) is 0. The van der Waals surface area contributed by atoms with Crippen LogP contribution in [0, 0.1) is 11.8 Å². The van der Waals surface area contributed by atoms with Crippen LogP contribution in [0.1, 0.15) is 103 Å². The minimum Gasteiger partial charge on any atom is -0.364 e. The Kier molecular flexibility index (Phi) is 13.7. The van der Waals surface area contributed by atoms with Crippen molar-refractivity contribution in [3.63, 3.8) is 0 Å². The van der Waals surface area contributed by atoms with E-state index >= 15 is 0 Å². The van der Waals surface area contributed by atoms with Gasteiger partial charge in [-0.1, -0.05) is 144 Å². The number of fused-ring (bicyclic) bond motifs is 2. The van der Waals surface area contributed by atoms with Crippen molar-refractivity contribution < 1.29 is 26.4 Å². The molecule has 0 N–H and O–H groups in total. The SMILES string of the molecule is CC1(C)\C(=C/C=C/C=C/C=C/C2N(CC3CCCCC3)c3ccccc3C2(C)C)N(CC2CCCCC2)c2ccccc21.CON(C)S(=O)(=O)C(F)(F)F. The monoisotopic (exact) mass is 767 g/mol. The zero-order chi connectivity index (χ0) is 39.1. The van der Waals surface area contributed by atoms with Gasteiger partial charge in [-0.15, -0.1) is 0 Å². The standard InChI is InChI=1S/C41H54N2.C3H6F3NO3S/c1-40(2)34-24-16-18-26-36(34)42(30-32-20-10-8-11-21-32)38(40)28-14-6-5-7-15-29-39-41(3,4)35-25-17-19-27-37(35)43(39)31-33-22-12-9-13-23-33;1-7(10-2)11(8,9)3(4,5)6/h5-7,14-19,24-29,32-33,38H,8-13,20-23,30-31H2,1-4H3;1-2H3/b6-5+,15-7+,28-14+,39-29+;. The van der Waals surface area contributed by atoms with Gasteiger partial charge < -0.3 is 9.80 Å². The summed E-state index contributed by atoms with van der Waals surface area (Å²) in [7, 11) is -3.84. The molecule has 10 heteroatoms. The van der Waals surface area contributed by atoms with Crippen LogP contribution in [0.25, 0.3) is 0 Å². The molecule has 6 rings (SSSR count). The first-order valence-electron chi connectivity index (χ1n) is 19.7. The molecule has 54 heavy (non-hydrogen) atoms. The number of allylic oxidation sites excluding steroid dienone is 7. The van der Waals surface area contributed by atoms with E-state index in [0.717, 1.165) is 25.5 Å². The van der Waals surface area contributed by atoms with Gasteiger partial charge in [0.05, 0.1) is 13.2 Å². The highest BCUT2D eigenvalue weighted by molar-refractivity contribution is 7.89. The lowest BCUT2D eigenvalue weighted by molar-refractivity contribution is -0.0821. The Balaban J connectivity index is 0.000000444. The summed E-state index contributed by atoms with van der Waals surface area (Å²) >= 11 is 0. The van der Waals surface area contributed by atoms with Crippen molar-refractivity contribution in [2.24, 2.45) is 11.8 Å². The van der Waals surface area contributed by atoms with Gasteiger partial charge in [0, 0.05) is 48.0 Å². The smallest absolute Gasteiger partial charge is 0.364 e. The maximum absolute atomic E-state index is 11.6. The van der Waals surface area contributed by atoms with Crippen molar-refractivity contribution in [1.82, 2.24) is 4.47 Å². The zero-order valence-electron chi connectivity index (χ0n) is 33.0. The molecule has 4 aliphatic rings. The Labute approximate surface area is 322 Å². The van der Waals surface area contributed by atoms with Crippen LogP contribution in [0.3, 0.4) is 0 Å². The van der Waals surface area contributed by atoms with E-state index in [1.807, 2.05) is 0 Å². The maximum atomic E-state index is 11.6. The van der Waals surface area contributed by atoms with Crippen LogP contribution < -0.4 is 9.80 Å². The maximum Gasteiger partial charge on any atom is 0.513 e. The summed E-state index contributed by atoms with van der Waals surface area (Å²) in [5, 5.41) is 0. The highest BCUT2D eigenvalue weighted by atomic mass is 32.2. The summed E-state index contributed by atoms with van der Waals surface area (Å²) < 4.78 is 54.9. The molecule has 2 aromatic rings. The third-order valence-corrected chi connectivity index (χ3v) is 13.4. The van der Waals surface area contributed by atoms with E-state index in [1.165, 1.54) is 99.0 Å². The van der Waals surface area contributed by atoms with Crippen LogP contribution in [-0.4, -0.2) is 51.7 Å². The fourth-order valence-electron chi connectivity index (χ4n) is 8.89. The second-order valence-electron chi connectivity index (χ2n) is 16.3. The van der Waals surface area contributed by atoms with E-state index in [2.05, 4.69) is 133 Å². The zero-order valence-corrected chi connectivity index (χ0v) is 33.8. The lowest BCUT2D eigenvalue weighted by Crippen LogP contribution is -2.42. The molecule has 0 radical (unpaired) electrons. The minimum absolute atomic E-state index is 0.0179. The van der Waals surface area contributed by atoms with E-state index in [1.54, 1.807) is 0 Å². The molecule has 2 aliphatic heterocycles. The Morgan fingerprint density at radius 1 is 0.759 bits per heavy atom. The number of anilines is 2. The van der Waals surface area contributed by atoms with Crippen molar-refractivity contribution >= 4 is 21.4 Å². The Morgan fingerprint density at radius 3 is 1.85 bits per heavy atom. The van der Waals surface area contributed by atoms with Crippen LogP contribution >= 0.6 is 0 Å². The van der Waals surface area contributed by atoms with Crippen molar-refractivity contribution in [2.75, 3.05) is 37.0 Å². The summed E-state index contributed by atoms with van der Waals surface area (Å²) in [6.45, 7) is 12.0. The molecule has 0 spiro atoms. The van der Waals surface area contributed by atoms with Gasteiger partial charge >= 0.3 is 15.5 Å². The normalized spacial score (nSPS) is 22.8. The van der Waals surface area contributed by atoms with Crippen LogP contribution in [0.2, 0.25) is 0 Å². The first-order valence-corrected chi connectivity index (χ1v) is 21.1. The van der Waals surface area contributed by atoms with Crippen molar-refractivity contribution in [3.05, 3.63) is 108 Å². The van der Waals surface area contributed by atoms with Crippen LogP contribution in [0.4, 0.5) is 24.5 Å². The van der Waals surface area contributed by atoms with E-state index in [9.17, 15) is 21.6 Å². The number of nitrogens with zero attached hydrogens (tertiary/aromatic N) is 3. The second kappa shape index (κ2) is 17.6. The summed E-state index contributed by atoms with van der Waals surface area (Å²) in [6.07, 6.45) is 29.9. The highest BCUT2D eigenvalue weighted by Crippen LogP contribution is 2.49. The molecule has 2 heterocycles. The third kappa shape index (κ3) is 9.19. The molecule has 2 saturated carbocycles. The Bertz CT molecular complexity index is 1780. The molecular weight excluding hydrogens is 708 g/mol. The van der Waals surface area contributed by atoms with Gasteiger partial charge in [-0.25, -0.2) is 8.42 Å². The van der Waals surface area contributed by atoms with Gasteiger partial charge in [0.2, 0.25) is 0 Å². The van der Waals surface area contributed by atoms with Crippen LogP contribution in [-0.2, 0) is 25.7 Å². The molecule has 2 fully saturated rings. The molecule has 0 amide bonds. The number of rotatable bonds is 10. The fourth-order valence-corrected chi connectivity index (χ4v) is 9.38. The Morgan fingerprint density at radius 2 is 1.28 bits per heavy atom. The molecule has 1 unspecified atom stereocenters. The van der Waals surface area contributed by atoms with Gasteiger partial charge in [-0.3, -0.25) is 4.84 Å². The number of hydrogen-bond acceptors (Lipinski definition) is 5. The first-order chi connectivity index (χ1) is 25.6. The number of para-hydroxylation sites is 2. The summed E-state index contributed by atoms with van der Waals surface area (Å²) in [4.78, 5) is 9.22. The molecule has 0 saturated heterocycles. The molecule has 1 atom stereocenters. The van der Waals surface area contributed by atoms with Gasteiger partial charge in [0.25, 0.3) is 0 Å². The molecule has 296 valence electrons. The average molecular weight is 768 g/mol. The third-order valence-electron chi connectivity index (χ3n) is 12.0. The summed E-state index contributed by atoms with van der Waals surface area (Å²) in [5.74, 6) is 1.62. The molecule has 0 bridgehead atoms. The summed E-state index contributed by atoms with van der Waals surface area (Å²) in [5.41, 5.74) is 2.05. The molecule has 2 aromatic carbocycles. The Hall–Kier alpha value is -3.34. The van der Waals surface area contributed by atoms with Crippen LogP contribution in [0.15, 0.2) is 96.8 Å². The van der Waals surface area contributed by atoms with Gasteiger partial charge in [0.1, 0.15) is 0 Å². The van der Waals surface area contributed by atoms with E-state index in [-0.39, 0.29) is 15.3 Å². The van der Waals surface area contributed by atoms with Gasteiger partial charge in [-0.2, -0.15) is 13.2 Å². The minimum atomic E-state index is -5.32. The van der Waals surface area contributed by atoms with Crippen molar-refractivity contribution in [2.45, 2.75) is 114 Å².